The number of fused-ring (bicyclic) bond motifs is 2. The molecule has 4 rings (SSSR count). The summed E-state index contributed by atoms with van der Waals surface area (Å²) in [6, 6.07) is 6.92. The van der Waals surface area contributed by atoms with Gasteiger partial charge >= 0.3 is 0 Å². The van der Waals surface area contributed by atoms with Crippen molar-refractivity contribution < 1.29 is 14.3 Å². The Labute approximate surface area is 154 Å². The van der Waals surface area contributed by atoms with Gasteiger partial charge in [-0.1, -0.05) is 23.9 Å². The Balaban J connectivity index is 1.47. The van der Waals surface area contributed by atoms with Crippen LogP contribution in [0.15, 0.2) is 34.5 Å². The molecule has 2 amide bonds. The Kier molecular flexibility index (Phi) is 4.56. The van der Waals surface area contributed by atoms with E-state index in [4.69, 9.17) is 4.74 Å². The second kappa shape index (κ2) is 7.00. The first-order chi connectivity index (χ1) is 12.7. The summed E-state index contributed by atoms with van der Waals surface area (Å²) in [5, 5.41) is 13.6. The monoisotopic (exact) mass is 371 g/mol. The van der Waals surface area contributed by atoms with Crippen molar-refractivity contribution in [2.24, 2.45) is 5.10 Å². The van der Waals surface area contributed by atoms with Crippen LogP contribution in [0, 0.1) is 0 Å². The van der Waals surface area contributed by atoms with E-state index in [0.717, 1.165) is 16.7 Å². The fraction of sp³-hybridized carbons (Fsp3) is 0.353. The van der Waals surface area contributed by atoms with Crippen molar-refractivity contribution in [3.63, 3.8) is 0 Å². The topological polar surface area (TPSA) is 89.7 Å². The normalized spacial score (nSPS) is 15.9. The number of methoxy groups -OCH3 is 1. The highest BCUT2D eigenvalue weighted by atomic mass is 32.2. The molecule has 0 radical (unpaired) electrons. The number of imide groups is 1. The number of hydrogen-bond donors (Lipinski definition) is 0. The summed E-state index contributed by atoms with van der Waals surface area (Å²) in [6.07, 6.45) is 1.15. The minimum absolute atomic E-state index is 0.236. The zero-order valence-electron chi connectivity index (χ0n) is 14.2. The maximum absolute atomic E-state index is 12.4. The molecule has 0 N–H and O–H groups in total. The van der Waals surface area contributed by atoms with Crippen LogP contribution in [-0.2, 0) is 11.2 Å². The molecule has 2 aliphatic heterocycles. The van der Waals surface area contributed by atoms with Crippen LogP contribution in [0.5, 0.6) is 0 Å². The van der Waals surface area contributed by atoms with Crippen LogP contribution in [0.25, 0.3) is 0 Å². The van der Waals surface area contributed by atoms with Gasteiger partial charge in [-0.15, -0.1) is 10.2 Å². The first-order valence-corrected chi connectivity index (χ1v) is 9.25. The van der Waals surface area contributed by atoms with E-state index in [1.807, 2.05) is 0 Å². The van der Waals surface area contributed by atoms with Gasteiger partial charge in [-0.05, 0) is 12.1 Å². The number of carbonyl (C=O) groups excluding carboxylic acids is 2. The molecule has 0 fully saturated rings. The number of hydrogen-bond acceptors (Lipinski definition) is 7. The second-order valence-corrected chi connectivity index (χ2v) is 6.91. The van der Waals surface area contributed by atoms with Gasteiger partial charge in [-0.25, -0.2) is 0 Å². The average molecular weight is 371 g/mol. The molecule has 0 unspecified atom stereocenters. The van der Waals surface area contributed by atoms with Crippen molar-refractivity contribution in [2.75, 3.05) is 26.0 Å². The first-order valence-electron chi connectivity index (χ1n) is 8.27. The molecule has 0 saturated heterocycles. The molecular weight excluding hydrogens is 354 g/mol. The Bertz CT molecular complexity index is 873. The Hall–Kier alpha value is -2.52. The summed E-state index contributed by atoms with van der Waals surface area (Å²) in [6.45, 7) is 0.860. The molecule has 9 heteroatoms. The average Bonchev–Trinajstić information content (AvgIpc) is 3.18. The smallest absolute Gasteiger partial charge is 0.261 e. The molecule has 0 atom stereocenters. The van der Waals surface area contributed by atoms with Crippen LogP contribution in [0.1, 0.15) is 33.0 Å². The molecule has 0 aliphatic carbocycles. The lowest BCUT2D eigenvalue weighted by atomic mass is 10.1. The number of thioether (sulfide) groups is 1. The van der Waals surface area contributed by atoms with E-state index < -0.39 is 0 Å². The maximum Gasteiger partial charge on any atom is 0.261 e. The third-order valence-electron chi connectivity index (χ3n) is 4.32. The lowest BCUT2D eigenvalue weighted by Gasteiger charge is -2.17. The molecule has 134 valence electrons. The highest BCUT2D eigenvalue weighted by molar-refractivity contribution is 7.99. The Morgan fingerprint density at radius 2 is 1.85 bits per heavy atom. The van der Waals surface area contributed by atoms with Gasteiger partial charge in [0.05, 0.1) is 23.4 Å². The van der Waals surface area contributed by atoms with Crippen molar-refractivity contribution in [1.29, 1.82) is 0 Å². The zero-order chi connectivity index (χ0) is 18.1. The molecule has 2 aliphatic rings. The molecule has 0 saturated carbocycles. The summed E-state index contributed by atoms with van der Waals surface area (Å²) >= 11 is 1.55. The van der Waals surface area contributed by atoms with Gasteiger partial charge in [0, 0.05) is 32.2 Å². The molecule has 26 heavy (non-hydrogen) atoms. The fourth-order valence-electron chi connectivity index (χ4n) is 2.96. The number of carbonyl (C=O) groups is 2. The third-order valence-corrected chi connectivity index (χ3v) is 5.31. The Morgan fingerprint density at radius 1 is 1.12 bits per heavy atom. The van der Waals surface area contributed by atoms with Gasteiger partial charge < -0.3 is 4.74 Å². The standard InChI is InChI=1S/C17H17N5O3S/c1-25-9-7-14-18-19-17-22(14)20-11(10-26-17)6-8-21-15(23)12-4-2-3-5-13(12)16(21)24/h2-5H,6-10H2,1H3. The summed E-state index contributed by atoms with van der Waals surface area (Å²) < 4.78 is 6.81. The fourth-order valence-corrected chi connectivity index (χ4v) is 3.82. The van der Waals surface area contributed by atoms with Crippen LogP contribution < -0.4 is 0 Å². The van der Waals surface area contributed by atoms with Gasteiger partial charge in [0.25, 0.3) is 11.8 Å². The lowest BCUT2D eigenvalue weighted by Crippen LogP contribution is -2.32. The number of ether oxygens (including phenoxy) is 1. The van der Waals surface area contributed by atoms with E-state index in [9.17, 15) is 9.59 Å². The van der Waals surface area contributed by atoms with E-state index >= 15 is 0 Å². The van der Waals surface area contributed by atoms with Gasteiger partial charge in [0.15, 0.2) is 5.82 Å². The van der Waals surface area contributed by atoms with Crippen LogP contribution >= 0.6 is 11.8 Å². The van der Waals surface area contributed by atoms with Gasteiger partial charge in [-0.2, -0.15) is 9.78 Å². The Morgan fingerprint density at radius 3 is 2.54 bits per heavy atom. The molecule has 0 spiro atoms. The van der Waals surface area contributed by atoms with E-state index in [-0.39, 0.29) is 11.8 Å². The number of aromatic nitrogens is 3. The lowest BCUT2D eigenvalue weighted by molar-refractivity contribution is 0.0658. The van der Waals surface area contributed by atoms with Gasteiger partial charge in [0.1, 0.15) is 0 Å². The first kappa shape index (κ1) is 16.9. The van der Waals surface area contributed by atoms with E-state index in [0.29, 0.717) is 42.9 Å². The minimum Gasteiger partial charge on any atom is -0.384 e. The molecule has 0 bridgehead atoms. The highest BCUT2D eigenvalue weighted by Crippen LogP contribution is 2.25. The number of amides is 2. The van der Waals surface area contributed by atoms with Gasteiger partial charge in [-0.3, -0.25) is 14.5 Å². The predicted molar refractivity (Wildman–Crippen MR) is 95.6 cm³/mol. The SMILES string of the molecule is COCCc1nnc2n1N=C(CCN1C(=O)c3ccccc3C1=O)CS2. The van der Waals surface area contributed by atoms with Crippen LogP contribution in [0.4, 0.5) is 0 Å². The molecule has 1 aromatic heterocycles. The van der Waals surface area contributed by atoms with Crippen molar-refractivity contribution in [3.05, 3.63) is 41.2 Å². The number of benzene rings is 1. The van der Waals surface area contributed by atoms with Crippen molar-refractivity contribution in [2.45, 2.75) is 18.0 Å². The number of nitrogens with zero attached hydrogens (tertiary/aromatic N) is 5. The predicted octanol–water partition coefficient (Wildman–Crippen LogP) is 1.46. The third kappa shape index (κ3) is 2.93. The summed E-state index contributed by atoms with van der Waals surface area (Å²) in [4.78, 5) is 26.2. The van der Waals surface area contributed by atoms with Crippen molar-refractivity contribution >= 4 is 29.3 Å². The largest absolute Gasteiger partial charge is 0.384 e. The maximum atomic E-state index is 12.4. The van der Waals surface area contributed by atoms with Crippen molar-refractivity contribution in [3.8, 4) is 0 Å². The zero-order valence-corrected chi connectivity index (χ0v) is 15.0. The van der Waals surface area contributed by atoms with E-state index in [2.05, 4.69) is 15.3 Å². The van der Waals surface area contributed by atoms with Crippen LogP contribution in [0.3, 0.4) is 0 Å². The minimum atomic E-state index is -0.236. The summed E-state index contributed by atoms with van der Waals surface area (Å²) in [5.74, 6) is 0.944. The quantitative estimate of drug-likeness (QED) is 0.714. The number of rotatable bonds is 6. The van der Waals surface area contributed by atoms with Crippen molar-refractivity contribution in [1.82, 2.24) is 19.8 Å². The molecular formula is C17H17N5O3S. The molecule has 2 aromatic rings. The van der Waals surface area contributed by atoms with Gasteiger partial charge in [0.2, 0.25) is 5.16 Å². The van der Waals surface area contributed by atoms with E-state index in [1.165, 1.54) is 4.90 Å². The second-order valence-electron chi connectivity index (χ2n) is 5.97. The molecule has 3 heterocycles. The highest BCUT2D eigenvalue weighted by Gasteiger charge is 2.35. The summed E-state index contributed by atoms with van der Waals surface area (Å²) in [7, 11) is 1.64. The van der Waals surface area contributed by atoms with Crippen LogP contribution in [-0.4, -0.2) is 63.3 Å². The van der Waals surface area contributed by atoms with E-state index in [1.54, 1.807) is 47.8 Å². The van der Waals surface area contributed by atoms with Crippen LogP contribution in [0.2, 0.25) is 0 Å². The summed E-state index contributed by atoms with van der Waals surface area (Å²) in [5.41, 5.74) is 1.85. The molecule has 1 aromatic carbocycles. The molecule has 8 nitrogen and oxygen atoms in total.